The minimum atomic E-state index is -4.45. The Morgan fingerprint density at radius 3 is 2.74 bits per heavy atom. The molecule has 2 bridgehead atoms. The fraction of sp³-hybridized carbons (Fsp3) is 0.577. The number of carbonyl (C=O) groups is 1. The number of alkyl halides is 3. The molecule has 5 atom stereocenters. The minimum Gasteiger partial charge on any atom is -0.491 e. The van der Waals surface area contributed by atoms with Gasteiger partial charge in [-0.2, -0.15) is 13.2 Å². The highest BCUT2D eigenvalue weighted by atomic mass is 19.4. The number of aliphatic hydroxyl groups is 1. The molecule has 1 saturated heterocycles. The van der Waals surface area contributed by atoms with Crippen molar-refractivity contribution >= 4 is 5.97 Å². The van der Waals surface area contributed by atoms with E-state index >= 15 is 0 Å². The Balaban J connectivity index is 1.45. The molecule has 1 N–H and O–H groups in total. The topological polar surface area (TPSA) is 74.2 Å². The summed E-state index contributed by atoms with van der Waals surface area (Å²) in [6, 6.07) is 4.56. The van der Waals surface area contributed by atoms with E-state index in [1.54, 1.807) is 6.08 Å². The van der Waals surface area contributed by atoms with Gasteiger partial charge in [0.05, 0.1) is 17.8 Å². The number of rotatable bonds is 12. The van der Waals surface area contributed by atoms with Crippen LogP contribution in [-0.4, -0.2) is 42.1 Å². The highest BCUT2D eigenvalue weighted by molar-refractivity contribution is 5.69. The molecule has 6 nitrogen and oxygen atoms in total. The lowest BCUT2D eigenvalue weighted by Crippen LogP contribution is -2.29. The molecule has 0 aromatic heterocycles. The fourth-order valence-electron chi connectivity index (χ4n) is 4.33. The zero-order valence-electron chi connectivity index (χ0n) is 19.9. The summed E-state index contributed by atoms with van der Waals surface area (Å²) in [7, 11) is 0. The molecule has 2 fully saturated rings. The Morgan fingerprint density at radius 2 is 2.00 bits per heavy atom. The van der Waals surface area contributed by atoms with Gasteiger partial charge in [-0.3, -0.25) is 4.79 Å². The van der Waals surface area contributed by atoms with Crippen LogP contribution in [0.1, 0.15) is 51.5 Å². The molecular weight excluding hydrogens is 465 g/mol. The number of benzene rings is 1. The van der Waals surface area contributed by atoms with Crippen LogP contribution in [0.3, 0.4) is 0 Å². The predicted octanol–water partition coefficient (Wildman–Crippen LogP) is 5.40. The average molecular weight is 499 g/mol. The lowest BCUT2D eigenvalue weighted by atomic mass is 9.89. The van der Waals surface area contributed by atoms with Gasteiger partial charge in [-0.25, -0.2) is 9.78 Å². The van der Waals surface area contributed by atoms with Gasteiger partial charge in [0.15, 0.2) is 0 Å². The molecule has 1 aromatic rings. The van der Waals surface area contributed by atoms with Crippen LogP contribution in [0.2, 0.25) is 0 Å². The van der Waals surface area contributed by atoms with E-state index in [1.807, 2.05) is 26.0 Å². The van der Waals surface area contributed by atoms with Gasteiger partial charge in [0, 0.05) is 24.7 Å². The van der Waals surface area contributed by atoms with Gasteiger partial charge in [0.25, 0.3) is 0 Å². The quantitative estimate of drug-likeness (QED) is 0.180. The van der Waals surface area contributed by atoms with Gasteiger partial charge in [0.1, 0.15) is 24.6 Å². The molecule has 35 heavy (non-hydrogen) atoms. The molecule has 3 rings (SSSR count). The van der Waals surface area contributed by atoms with E-state index in [-0.39, 0.29) is 48.5 Å². The molecular formula is C26H33F3O6. The zero-order chi connectivity index (χ0) is 25.4. The van der Waals surface area contributed by atoms with Crippen molar-refractivity contribution in [2.24, 2.45) is 11.8 Å². The first-order valence-corrected chi connectivity index (χ1v) is 12.0. The summed E-state index contributed by atoms with van der Waals surface area (Å²) in [5.41, 5.74) is -0.800. The van der Waals surface area contributed by atoms with Crippen LogP contribution in [0, 0.1) is 11.8 Å². The number of halogens is 3. The van der Waals surface area contributed by atoms with Crippen molar-refractivity contribution in [3.05, 3.63) is 54.1 Å². The van der Waals surface area contributed by atoms with Crippen LogP contribution >= 0.6 is 0 Å². The van der Waals surface area contributed by atoms with Crippen molar-refractivity contribution in [1.82, 2.24) is 0 Å². The summed E-state index contributed by atoms with van der Waals surface area (Å²) in [6.45, 7) is 3.48. The third-order valence-electron chi connectivity index (χ3n) is 6.00. The van der Waals surface area contributed by atoms with Gasteiger partial charge in [0.2, 0.25) is 0 Å². The summed E-state index contributed by atoms with van der Waals surface area (Å²) < 4.78 is 49.0. The summed E-state index contributed by atoms with van der Waals surface area (Å²) in [5.74, 6) is 0.0867. The second-order valence-electron chi connectivity index (χ2n) is 9.17. The van der Waals surface area contributed by atoms with Gasteiger partial charge >= 0.3 is 12.1 Å². The van der Waals surface area contributed by atoms with Crippen molar-refractivity contribution in [3.8, 4) is 5.75 Å². The summed E-state index contributed by atoms with van der Waals surface area (Å²) in [6.07, 6.45) is 5.37. The smallest absolute Gasteiger partial charge is 0.416 e. The monoisotopic (exact) mass is 498 g/mol. The van der Waals surface area contributed by atoms with Crippen molar-refractivity contribution in [3.63, 3.8) is 0 Å². The van der Waals surface area contributed by atoms with Crippen molar-refractivity contribution in [2.45, 2.75) is 76.5 Å². The molecule has 1 saturated carbocycles. The van der Waals surface area contributed by atoms with E-state index in [9.17, 15) is 23.1 Å². The number of fused-ring (bicyclic) bond motifs is 2. The molecule has 1 aromatic carbocycles. The molecule has 0 radical (unpaired) electrons. The molecule has 1 heterocycles. The molecule has 0 amide bonds. The normalized spacial score (nSPS) is 25.1. The Hall–Kier alpha value is -2.36. The van der Waals surface area contributed by atoms with Gasteiger partial charge in [-0.1, -0.05) is 30.4 Å². The Morgan fingerprint density at radius 1 is 1.23 bits per heavy atom. The highest BCUT2D eigenvalue weighted by Crippen LogP contribution is 2.45. The predicted molar refractivity (Wildman–Crippen MR) is 122 cm³/mol. The number of aliphatic hydroxyl groups excluding tert-OH is 1. The third-order valence-corrected chi connectivity index (χ3v) is 6.00. The van der Waals surface area contributed by atoms with E-state index in [0.29, 0.717) is 6.42 Å². The fourth-order valence-corrected chi connectivity index (χ4v) is 4.33. The van der Waals surface area contributed by atoms with Crippen molar-refractivity contribution in [1.29, 1.82) is 0 Å². The van der Waals surface area contributed by atoms with E-state index in [4.69, 9.17) is 19.2 Å². The summed E-state index contributed by atoms with van der Waals surface area (Å²) in [4.78, 5) is 22.3. The van der Waals surface area contributed by atoms with Crippen LogP contribution < -0.4 is 4.74 Å². The number of unbranched alkanes of at least 4 members (excludes halogenated alkanes) is 1. The molecule has 1 aliphatic heterocycles. The highest BCUT2D eigenvalue weighted by Gasteiger charge is 2.49. The standard InChI is InChI=1S/C26H33F3O6/c1-17(2)33-25(31)11-6-4-3-5-10-21-22(24-15-23(21)34-35-24)13-12-19(30)16-32-20-9-7-8-18(14-20)26(27,28)29/h3,5,7-9,12-14,17,19,21-24,30H,4,6,10-11,15-16H2,1-2H3/b5-3-,13-12+/t19-,21-,22-,23-,24+/m1/s1. The second kappa shape index (κ2) is 12.6. The number of ether oxygens (including phenoxy) is 2. The summed E-state index contributed by atoms with van der Waals surface area (Å²) in [5, 5.41) is 10.3. The Kier molecular flexibility index (Phi) is 9.77. The van der Waals surface area contributed by atoms with E-state index in [1.165, 1.54) is 12.1 Å². The largest absolute Gasteiger partial charge is 0.491 e. The average Bonchev–Trinajstić information content (AvgIpc) is 3.39. The SMILES string of the molecule is CC(C)OC(=O)CCC/C=C\C[C@@H]1[C@@H](/C=C/[C@@H](O)COc2cccc(C(F)(F)F)c2)[C@@H]2C[C@H]1OO2. The van der Waals surface area contributed by atoms with Gasteiger partial charge in [-0.05, 0) is 51.3 Å². The molecule has 0 unspecified atom stereocenters. The van der Waals surface area contributed by atoms with Crippen molar-refractivity contribution in [2.75, 3.05) is 6.61 Å². The van der Waals surface area contributed by atoms with E-state index < -0.39 is 17.8 Å². The van der Waals surface area contributed by atoms with Crippen molar-refractivity contribution < 1.29 is 42.3 Å². The maximum absolute atomic E-state index is 12.8. The molecule has 1 aliphatic carbocycles. The molecule has 0 spiro atoms. The maximum Gasteiger partial charge on any atom is 0.416 e. The number of hydrogen-bond donors (Lipinski definition) is 1. The third kappa shape index (κ3) is 8.37. The van der Waals surface area contributed by atoms with Gasteiger partial charge in [-0.15, -0.1) is 0 Å². The number of allylic oxidation sites excluding steroid dienone is 2. The molecule has 194 valence electrons. The van der Waals surface area contributed by atoms with Crippen LogP contribution in [0.25, 0.3) is 0 Å². The minimum absolute atomic E-state index is 0.0289. The lowest BCUT2D eigenvalue weighted by Gasteiger charge is -2.27. The van der Waals surface area contributed by atoms with Crippen LogP contribution in [0.15, 0.2) is 48.6 Å². The Bertz CT molecular complexity index is 882. The van der Waals surface area contributed by atoms with Crippen LogP contribution in [0.4, 0.5) is 13.2 Å². The molecule has 9 heteroatoms. The van der Waals surface area contributed by atoms with E-state index in [0.717, 1.165) is 37.8 Å². The first kappa shape index (κ1) is 27.2. The summed E-state index contributed by atoms with van der Waals surface area (Å²) >= 11 is 0. The zero-order valence-corrected chi connectivity index (χ0v) is 19.9. The first-order chi connectivity index (χ1) is 16.6. The number of esters is 1. The first-order valence-electron chi connectivity index (χ1n) is 12.0. The Labute approximate surface area is 203 Å². The van der Waals surface area contributed by atoms with Gasteiger partial charge < -0.3 is 14.6 Å². The van der Waals surface area contributed by atoms with E-state index in [2.05, 4.69) is 6.08 Å². The molecule has 2 aliphatic rings. The number of hydrogen-bond acceptors (Lipinski definition) is 6. The lowest BCUT2D eigenvalue weighted by molar-refractivity contribution is -0.336. The van der Waals surface area contributed by atoms with Crippen LogP contribution in [0.5, 0.6) is 5.75 Å². The maximum atomic E-state index is 12.8. The number of carbonyl (C=O) groups excluding carboxylic acids is 1. The second-order valence-corrected chi connectivity index (χ2v) is 9.17. The van der Waals surface area contributed by atoms with Crippen LogP contribution in [-0.2, 0) is 25.5 Å².